The van der Waals surface area contributed by atoms with Gasteiger partial charge in [-0.05, 0) is 42.0 Å². The summed E-state index contributed by atoms with van der Waals surface area (Å²) in [5.41, 5.74) is 2.31. The van der Waals surface area contributed by atoms with E-state index in [0.29, 0.717) is 22.0 Å². The number of benzene rings is 2. The number of hydrogen-bond acceptors (Lipinski definition) is 5. The van der Waals surface area contributed by atoms with Gasteiger partial charge in [-0.15, -0.1) is 0 Å². The first-order valence-electron chi connectivity index (χ1n) is 7.49. The summed E-state index contributed by atoms with van der Waals surface area (Å²) >= 11 is 5.32. The first kappa shape index (κ1) is 15.2. The van der Waals surface area contributed by atoms with Crippen LogP contribution < -0.4 is 5.11 Å². The summed E-state index contributed by atoms with van der Waals surface area (Å²) in [5, 5.41) is 19.0. The molecule has 2 aromatic carbocycles. The fourth-order valence-electron chi connectivity index (χ4n) is 2.65. The van der Waals surface area contributed by atoms with E-state index >= 15 is 0 Å². The van der Waals surface area contributed by atoms with Crippen LogP contribution in [0.15, 0.2) is 60.7 Å². The topological polar surface area (TPSA) is 86.6 Å². The quantitative estimate of drug-likeness (QED) is 0.576. The van der Waals surface area contributed by atoms with Gasteiger partial charge < -0.3 is 9.90 Å². The molecule has 0 aliphatic carbocycles. The van der Waals surface area contributed by atoms with Gasteiger partial charge in [-0.1, -0.05) is 36.4 Å². The Morgan fingerprint density at radius 3 is 2.56 bits per heavy atom. The number of pyridine rings is 1. The molecular weight excluding hydrogens is 336 g/mol. The highest BCUT2D eigenvalue weighted by Gasteiger charge is 2.12. The number of para-hydroxylation sites is 1. The molecule has 0 saturated carbocycles. The molecule has 0 bridgehead atoms. The van der Waals surface area contributed by atoms with Gasteiger partial charge in [0.15, 0.2) is 10.6 Å². The lowest BCUT2D eigenvalue weighted by Crippen LogP contribution is -2.22. The van der Waals surface area contributed by atoms with E-state index in [1.807, 2.05) is 36.4 Å². The molecule has 0 atom stereocenters. The van der Waals surface area contributed by atoms with E-state index in [1.165, 1.54) is 12.1 Å². The number of hydrogen-bond donors (Lipinski definition) is 1. The molecule has 1 N–H and O–H groups in total. The predicted octanol–water partition coefficient (Wildman–Crippen LogP) is 2.51. The third kappa shape index (κ3) is 2.70. The molecule has 0 amide bonds. The summed E-state index contributed by atoms with van der Waals surface area (Å²) in [5.74, 6) is -0.671. The summed E-state index contributed by atoms with van der Waals surface area (Å²) in [6.45, 7) is 0. The number of carboxylic acid groups (broad SMARTS) is 1. The summed E-state index contributed by atoms with van der Waals surface area (Å²) in [7, 11) is 0. The standard InChI is InChI=1S/C18H12N4O2S/c23-17(24)12-5-8-13(9-6-12)22-16(20-21-18(22)25)15-10-7-11-3-1-2-4-14(11)19-15/h1-10H,(H,21,25)(H,23,24)/p-1. The molecular formula is C18H11N4O2S-. The molecule has 7 heteroatoms. The molecule has 2 heterocycles. The first-order chi connectivity index (χ1) is 12.1. The third-order valence-electron chi connectivity index (χ3n) is 3.86. The van der Waals surface area contributed by atoms with Crippen LogP contribution in [0.5, 0.6) is 0 Å². The molecule has 0 aliphatic rings. The molecule has 0 aliphatic heterocycles. The Labute approximate surface area is 147 Å². The fraction of sp³-hybridized carbons (Fsp3) is 0. The van der Waals surface area contributed by atoms with Gasteiger partial charge in [0.25, 0.3) is 0 Å². The molecule has 4 rings (SSSR count). The molecule has 0 spiro atoms. The van der Waals surface area contributed by atoms with E-state index < -0.39 is 5.97 Å². The molecule has 122 valence electrons. The molecule has 25 heavy (non-hydrogen) atoms. The lowest BCUT2D eigenvalue weighted by atomic mass is 10.2. The van der Waals surface area contributed by atoms with Gasteiger partial charge in [0.1, 0.15) is 5.69 Å². The Bertz CT molecular complexity index is 1150. The number of fused-ring (bicyclic) bond motifs is 1. The maximum Gasteiger partial charge on any atom is 0.200 e. The number of nitrogens with one attached hydrogen (secondary N) is 1. The zero-order chi connectivity index (χ0) is 17.4. The van der Waals surface area contributed by atoms with E-state index in [2.05, 4.69) is 15.2 Å². The van der Waals surface area contributed by atoms with E-state index in [-0.39, 0.29) is 5.56 Å². The van der Waals surface area contributed by atoms with E-state index in [9.17, 15) is 9.90 Å². The SMILES string of the molecule is O=C([O-])c1ccc(-n2c(-c3ccc4ccccc4n3)n[nH]c2=S)cc1. The van der Waals surface area contributed by atoms with Crippen molar-refractivity contribution in [1.82, 2.24) is 19.7 Å². The van der Waals surface area contributed by atoms with Crippen LogP contribution in [0, 0.1) is 4.77 Å². The van der Waals surface area contributed by atoms with Crippen molar-refractivity contribution in [3.8, 4) is 17.2 Å². The van der Waals surface area contributed by atoms with Gasteiger partial charge in [-0.25, -0.2) is 4.98 Å². The van der Waals surface area contributed by atoms with Crippen molar-refractivity contribution in [2.24, 2.45) is 0 Å². The molecule has 2 aromatic heterocycles. The summed E-state index contributed by atoms with van der Waals surface area (Å²) in [6.07, 6.45) is 0. The number of carbonyl (C=O) groups is 1. The zero-order valence-corrected chi connectivity index (χ0v) is 13.7. The minimum Gasteiger partial charge on any atom is -0.545 e. The maximum absolute atomic E-state index is 10.9. The molecule has 4 aromatic rings. The van der Waals surface area contributed by atoms with Crippen molar-refractivity contribution >= 4 is 29.1 Å². The zero-order valence-electron chi connectivity index (χ0n) is 12.8. The highest BCUT2D eigenvalue weighted by Crippen LogP contribution is 2.22. The van der Waals surface area contributed by atoms with Crippen molar-refractivity contribution in [3.63, 3.8) is 0 Å². The van der Waals surface area contributed by atoms with Crippen molar-refractivity contribution < 1.29 is 9.90 Å². The predicted molar refractivity (Wildman–Crippen MR) is 93.8 cm³/mol. The van der Waals surface area contributed by atoms with Crippen LogP contribution in [-0.2, 0) is 0 Å². The summed E-state index contributed by atoms with van der Waals surface area (Å²) in [6, 6.07) is 17.9. The number of rotatable bonds is 3. The largest absolute Gasteiger partial charge is 0.545 e. The number of aromatic amines is 1. The summed E-state index contributed by atoms with van der Waals surface area (Å²) < 4.78 is 2.11. The van der Waals surface area contributed by atoms with Crippen LogP contribution in [0.1, 0.15) is 10.4 Å². The van der Waals surface area contributed by atoms with Gasteiger partial charge in [-0.2, -0.15) is 5.10 Å². The second-order valence-corrected chi connectivity index (χ2v) is 5.80. The number of carbonyl (C=O) groups excluding carboxylic acids is 1. The van der Waals surface area contributed by atoms with Crippen molar-refractivity contribution in [3.05, 3.63) is 71.0 Å². The number of carboxylic acids is 1. The molecule has 6 nitrogen and oxygen atoms in total. The number of H-pyrrole nitrogens is 1. The summed E-state index contributed by atoms with van der Waals surface area (Å²) in [4.78, 5) is 15.5. The van der Waals surface area contributed by atoms with E-state index in [1.54, 1.807) is 16.7 Å². The number of nitrogens with zero attached hydrogens (tertiary/aromatic N) is 3. The highest BCUT2D eigenvalue weighted by molar-refractivity contribution is 7.71. The van der Waals surface area contributed by atoms with Crippen LogP contribution in [-0.4, -0.2) is 25.7 Å². The average Bonchev–Trinajstić information content (AvgIpc) is 3.03. The van der Waals surface area contributed by atoms with E-state index in [4.69, 9.17) is 12.2 Å². The molecule has 0 saturated heterocycles. The van der Waals surface area contributed by atoms with Crippen LogP contribution in [0.4, 0.5) is 0 Å². The lowest BCUT2D eigenvalue weighted by molar-refractivity contribution is -0.255. The maximum atomic E-state index is 10.9. The Kier molecular flexibility index (Phi) is 3.62. The van der Waals surface area contributed by atoms with Gasteiger partial charge in [0.2, 0.25) is 0 Å². The van der Waals surface area contributed by atoms with Gasteiger partial charge in [0.05, 0.1) is 17.2 Å². The molecule has 0 radical (unpaired) electrons. The van der Waals surface area contributed by atoms with Crippen molar-refractivity contribution in [2.75, 3.05) is 0 Å². The number of aromatic nitrogens is 4. The first-order valence-corrected chi connectivity index (χ1v) is 7.90. The van der Waals surface area contributed by atoms with Crippen LogP contribution >= 0.6 is 12.2 Å². The van der Waals surface area contributed by atoms with Crippen molar-refractivity contribution in [2.45, 2.75) is 0 Å². The van der Waals surface area contributed by atoms with Crippen LogP contribution in [0.2, 0.25) is 0 Å². The van der Waals surface area contributed by atoms with Gasteiger partial charge in [-0.3, -0.25) is 9.67 Å². The van der Waals surface area contributed by atoms with Gasteiger partial charge in [0, 0.05) is 5.39 Å². The minimum atomic E-state index is -1.22. The van der Waals surface area contributed by atoms with Crippen LogP contribution in [0.25, 0.3) is 28.1 Å². The second-order valence-electron chi connectivity index (χ2n) is 5.41. The second kappa shape index (κ2) is 5.95. The Balaban J connectivity index is 1.86. The highest BCUT2D eigenvalue weighted by atomic mass is 32.1. The monoisotopic (exact) mass is 347 g/mol. The molecule has 0 fully saturated rings. The van der Waals surface area contributed by atoms with Crippen molar-refractivity contribution in [1.29, 1.82) is 0 Å². The Morgan fingerprint density at radius 1 is 1.04 bits per heavy atom. The normalized spacial score (nSPS) is 10.9. The van der Waals surface area contributed by atoms with Crippen LogP contribution in [0.3, 0.4) is 0 Å². The average molecular weight is 347 g/mol. The van der Waals surface area contributed by atoms with E-state index in [0.717, 1.165) is 10.9 Å². The Hall–Kier alpha value is -3.32. The lowest BCUT2D eigenvalue weighted by Gasteiger charge is -2.09. The molecule has 0 unspecified atom stereocenters. The van der Waals surface area contributed by atoms with Gasteiger partial charge >= 0.3 is 0 Å². The Morgan fingerprint density at radius 2 is 1.80 bits per heavy atom. The fourth-order valence-corrected chi connectivity index (χ4v) is 2.88. The third-order valence-corrected chi connectivity index (χ3v) is 4.13. The number of aromatic carboxylic acids is 1. The smallest absolute Gasteiger partial charge is 0.200 e. The minimum absolute atomic E-state index is 0.101.